The molecule has 0 aliphatic carbocycles. The van der Waals surface area contributed by atoms with Gasteiger partial charge in [0.05, 0.1) is 6.10 Å². The Morgan fingerprint density at radius 2 is 2.06 bits per heavy atom. The van der Waals surface area contributed by atoms with E-state index in [0.29, 0.717) is 6.54 Å². The number of para-hydroxylation sites is 1. The molecular formula is C15H19NO2. The molecule has 0 saturated heterocycles. The number of anilines is 1. The summed E-state index contributed by atoms with van der Waals surface area (Å²) in [7, 11) is 0. The summed E-state index contributed by atoms with van der Waals surface area (Å²) < 4.78 is 0. The first-order chi connectivity index (χ1) is 8.48. The fourth-order valence-electron chi connectivity index (χ4n) is 2.67. The van der Waals surface area contributed by atoms with Gasteiger partial charge in [-0.15, -0.1) is 0 Å². The van der Waals surface area contributed by atoms with Crippen LogP contribution in [0.25, 0.3) is 0 Å². The van der Waals surface area contributed by atoms with E-state index < -0.39 is 6.10 Å². The fourth-order valence-corrected chi connectivity index (χ4v) is 2.67. The van der Waals surface area contributed by atoms with Gasteiger partial charge in [0.2, 0.25) is 0 Å². The van der Waals surface area contributed by atoms with Crippen LogP contribution in [0.1, 0.15) is 26.3 Å². The lowest BCUT2D eigenvalue weighted by atomic mass is 9.84. The maximum absolute atomic E-state index is 10.9. The Hall–Kier alpha value is -1.61. The van der Waals surface area contributed by atoms with E-state index in [-0.39, 0.29) is 5.41 Å². The van der Waals surface area contributed by atoms with E-state index in [9.17, 15) is 9.90 Å². The molecule has 2 rings (SSSR count). The summed E-state index contributed by atoms with van der Waals surface area (Å²) in [6.07, 6.45) is 1.97. The molecule has 0 aromatic heterocycles. The molecule has 1 aromatic carbocycles. The van der Waals surface area contributed by atoms with Crippen LogP contribution in [0.4, 0.5) is 5.69 Å². The summed E-state index contributed by atoms with van der Waals surface area (Å²) >= 11 is 0. The summed E-state index contributed by atoms with van der Waals surface area (Å²) in [5, 5.41) is 9.64. The molecule has 1 unspecified atom stereocenters. The van der Waals surface area contributed by atoms with Crippen LogP contribution >= 0.6 is 0 Å². The number of β-amino-alcohol motifs (C(OH)–C–C–N with tert-alkyl or cyclic N) is 1. The average molecular weight is 245 g/mol. The summed E-state index contributed by atoms with van der Waals surface area (Å²) in [5.74, 6) is 0. The van der Waals surface area contributed by atoms with Crippen molar-refractivity contribution >= 4 is 12.0 Å². The number of rotatable bonds is 3. The standard InChI is InChI=1S/C15H19NO2/c1-11(18)10-16-13-7-5-4-6-12(13)15(2,3)14(16)8-9-17/h4-9,11,18H,10H2,1-3H3. The van der Waals surface area contributed by atoms with Gasteiger partial charge in [0.25, 0.3) is 0 Å². The van der Waals surface area contributed by atoms with Crippen molar-refractivity contribution in [3.8, 4) is 0 Å². The smallest absolute Gasteiger partial charge is 0.144 e. The van der Waals surface area contributed by atoms with Crippen LogP contribution in [-0.2, 0) is 10.2 Å². The Morgan fingerprint density at radius 1 is 1.39 bits per heavy atom. The maximum atomic E-state index is 10.9. The van der Waals surface area contributed by atoms with Gasteiger partial charge < -0.3 is 10.0 Å². The van der Waals surface area contributed by atoms with Crippen molar-refractivity contribution < 1.29 is 9.90 Å². The molecule has 96 valence electrons. The Kier molecular flexibility index (Phi) is 3.26. The van der Waals surface area contributed by atoms with Gasteiger partial charge in [-0.1, -0.05) is 32.0 Å². The number of carbonyl (C=O) groups excluding carboxylic acids is 1. The van der Waals surface area contributed by atoms with Crippen molar-refractivity contribution in [2.24, 2.45) is 0 Å². The molecule has 1 aliphatic heterocycles. The minimum Gasteiger partial charge on any atom is -0.392 e. The number of nitrogens with zero attached hydrogens (tertiary/aromatic N) is 1. The molecule has 0 spiro atoms. The fraction of sp³-hybridized carbons (Fsp3) is 0.400. The highest BCUT2D eigenvalue weighted by molar-refractivity contribution is 5.77. The largest absolute Gasteiger partial charge is 0.392 e. The lowest BCUT2D eigenvalue weighted by molar-refractivity contribution is -0.104. The third-order valence-electron chi connectivity index (χ3n) is 3.47. The zero-order valence-corrected chi connectivity index (χ0v) is 11.1. The molecule has 1 aliphatic rings. The Balaban J connectivity index is 2.56. The zero-order chi connectivity index (χ0) is 13.3. The van der Waals surface area contributed by atoms with Crippen molar-refractivity contribution in [1.29, 1.82) is 0 Å². The molecule has 1 N–H and O–H groups in total. The second-order valence-corrected chi connectivity index (χ2v) is 5.29. The first-order valence-corrected chi connectivity index (χ1v) is 6.19. The van der Waals surface area contributed by atoms with E-state index in [4.69, 9.17) is 0 Å². The molecule has 0 saturated carbocycles. The second kappa shape index (κ2) is 4.58. The lowest BCUT2D eigenvalue weighted by Gasteiger charge is -2.27. The van der Waals surface area contributed by atoms with E-state index in [1.807, 2.05) is 23.1 Å². The van der Waals surface area contributed by atoms with E-state index in [1.54, 1.807) is 13.0 Å². The topological polar surface area (TPSA) is 40.5 Å². The van der Waals surface area contributed by atoms with Crippen LogP contribution in [-0.4, -0.2) is 24.0 Å². The van der Waals surface area contributed by atoms with Gasteiger partial charge in [-0.2, -0.15) is 0 Å². The minimum atomic E-state index is -0.443. The molecule has 18 heavy (non-hydrogen) atoms. The monoisotopic (exact) mass is 245 g/mol. The van der Waals surface area contributed by atoms with Gasteiger partial charge in [0, 0.05) is 23.3 Å². The number of aldehydes is 1. The summed E-state index contributed by atoms with van der Waals surface area (Å²) in [6, 6.07) is 8.10. The number of allylic oxidation sites excluding steroid dienone is 2. The van der Waals surface area contributed by atoms with Gasteiger partial charge in [-0.05, 0) is 24.6 Å². The number of hydrogen-bond acceptors (Lipinski definition) is 3. The highest BCUT2D eigenvalue weighted by Crippen LogP contribution is 2.47. The number of aliphatic hydroxyl groups is 1. The summed E-state index contributed by atoms with van der Waals surface area (Å²) in [5.41, 5.74) is 3.02. The first kappa shape index (κ1) is 12.8. The minimum absolute atomic E-state index is 0.202. The van der Waals surface area contributed by atoms with E-state index in [0.717, 1.165) is 17.7 Å². The molecular weight excluding hydrogens is 226 g/mol. The van der Waals surface area contributed by atoms with Crippen LogP contribution in [0, 0.1) is 0 Å². The van der Waals surface area contributed by atoms with Crippen molar-refractivity contribution in [1.82, 2.24) is 0 Å². The third-order valence-corrected chi connectivity index (χ3v) is 3.47. The molecule has 0 radical (unpaired) electrons. The molecule has 3 nitrogen and oxygen atoms in total. The number of hydrogen-bond donors (Lipinski definition) is 1. The number of aliphatic hydroxyl groups excluding tert-OH is 1. The van der Waals surface area contributed by atoms with Crippen LogP contribution in [0.5, 0.6) is 0 Å². The number of carbonyl (C=O) groups is 1. The highest BCUT2D eigenvalue weighted by atomic mass is 16.3. The van der Waals surface area contributed by atoms with Gasteiger partial charge in [-0.3, -0.25) is 4.79 Å². The molecule has 0 bridgehead atoms. The average Bonchev–Trinajstić information content (AvgIpc) is 2.51. The van der Waals surface area contributed by atoms with Crippen molar-refractivity contribution in [2.45, 2.75) is 32.3 Å². The van der Waals surface area contributed by atoms with Crippen LogP contribution in [0.15, 0.2) is 36.0 Å². The molecule has 1 aromatic rings. The predicted molar refractivity (Wildman–Crippen MR) is 72.6 cm³/mol. The molecule has 0 fully saturated rings. The summed E-state index contributed by atoms with van der Waals surface area (Å²) in [4.78, 5) is 12.9. The predicted octanol–water partition coefficient (Wildman–Crippen LogP) is 2.25. The van der Waals surface area contributed by atoms with Gasteiger partial charge in [-0.25, -0.2) is 0 Å². The van der Waals surface area contributed by atoms with Gasteiger partial charge in [0.1, 0.15) is 6.29 Å². The third kappa shape index (κ3) is 1.95. The van der Waals surface area contributed by atoms with E-state index in [1.165, 1.54) is 5.56 Å². The van der Waals surface area contributed by atoms with Gasteiger partial charge >= 0.3 is 0 Å². The normalized spacial score (nSPS) is 20.9. The quantitative estimate of drug-likeness (QED) is 0.656. The first-order valence-electron chi connectivity index (χ1n) is 6.19. The van der Waals surface area contributed by atoms with Crippen molar-refractivity contribution in [3.63, 3.8) is 0 Å². The van der Waals surface area contributed by atoms with Crippen molar-refractivity contribution in [2.75, 3.05) is 11.4 Å². The van der Waals surface area contributed by atoms with Crippen LogP contribution < -0.4 is 4.90 Å². The number of fused-ring (bicyclic) bond motifs is 1. The van der Waals surface area contributed by atoms with Crippen LogP contribution in [0.2, 0.25) is 0 Å². The SMILES string of the molecule is CC(O)CN1C(=CC=O)C(C)(C)c2ccccc21. The Bertz CT molecular complexity index is 489. The molecule has 1 heterocycles. The molecule has 1 atom stereocenters. The Labute approximate surface area is 108 Å². The molecule has 3 heteroatoms. The number of benzene rings is 1. The maximum Gasteiger partial charge on any atom is 0.144 e. The zero-order valence-electron chi connectivity index (χ0n) is 11.1. The van der Waals surface area contributed by atoms with Crippen LogP contribution in [0.3, 0.4) is 0 Å². The molecule has 0 amide bonds. The van der Waals surface area contributed by atoms with E-state index >= 15 is 0 Å². The van der Waals surface area contributed by atoms with E-state index in [2.05, 4.69) is 19.9 Å². The second-order valence-electron chi connectivity index (χ2n) is 5.29. The lowest BCUT2D eigenvalue weighted by Crippen LogP contribution is -2.32. The van der Waals surface area contributed by atoms with Gasteiger partial charge in [0.15, 0.2) is 0 Å². The Morgan fingerprint density at radius 3 is 2.67 bits per heavy atom. The highest BCUT2D eigenvalue weighted by Gasteiger charge is 2.39. The summed E-state index contributed by atoms with van der Waals surface area (Å²) in [6.45, 7) is 6.46. The van der Waals surface area contributed by atoms with Crippen molar-refractivity contribution in [3.05, 3.63) is 41.6 Å².